The Morgan fingerprint density at radius 3 is 1.23 bits per heavy atom. The maximum atomic E-state index is 13.6. The Hall–Kier alpha value is -3.44. The molecule has 3 aliphatic rings. The summed E-state index contributed by atoms with van der Waals surface area (Å²) in [7, 11) is 0. The Labute approximate surface area is 428 Å². The van der Waals surface area contributed by atoms with Crippen molar-refractivity contribution in [3.05, 3.63) is 0 Å². The number of ether oxygens (including phenoxy) is 5. The number of hydrogen-bond acceptors (Lipinski definition) is 12. The van der Waals surface area contributed by atoms with Gasteiger partial charge in [-0.3, -0.25) is 19.1 Å². The topological polar surface area (TPSA) is 178 Å². The molecule has 0 aromatic heterocycles. The fraction of sp³-hybridized carbons (Fsp3) is 0.930. The van der Waals surface area contributed by atoms with Gasteiger partial charge in [-0.2, -0.15) is 101 Å². The van der Waals surface area contributed by atoms with Crippen molar-refractivity contribution in [3.63, 3.8) is 0 Å². The largest absolute Gasteiger partial charge is 0.462 e. The molecule has 1 heterocycles. The maximum Gasteiger partial charge on any atom is 0.429 e. The summed E-state index contributed by atoms with van der Waals surface area (Å²) in [5, 5.41) is 38.3. The molecule has 462 valence electrons. The van der Waals surface area contributed by atoms with E-state index in [2.05, 4.69) is 18.9 Å². The van der Waals surface area contributed by atoms with Gasteiger partial charge in [-0.05, 0) is 64.7 Å². The normalized spacial score (nSPS) is 27.4. The molecule has 35 heteroatoms. The molecule has 78 heavy (non-hydrogen) atoms. The van der Waals surface area contributed by atoms with Crippen LogP contribution in [-0.2, 0) is 38.1 Å². The number of carbonyl (C=O) groups excluding carboxylic acids is 3. The van der Waals surface area contributed by atoms with Gasteiger partial charge in [-0.1, -0.05) is 48.0 Å². The summed E-state index contributed by atoms with van der Waals surface area (Å²) in [4.78, 5) is 35.2. The Bertz CT molecular complexity index is 1880. The molecule has 0 spiro atoms. The van der Waals surface area contributed by atoms with E-state index in [1.165, 1.54) is 27.7 Å². The lowest BCUT2D eigenvalue weighted by atomic mass is 9.65. The van der Waals surface area contributed by atoms with Crippen LogP contribution in [0.1, 0.15) is 113 Å². The third-order valence-corrected chi connectivity index (χ3v) is 14.0. The molecule has 0 radical (unpaired) electrons. The number of alkyl halides is 23. The van der Waals surface area contributed by atoms with E-state index in [4.69, 9.17) is 4.74 Å². The number of halogens is 23. The fourth-order valence-electron chi connectivity index (χ4n) is 8.35. The standard InChI is InChI=1S/C17H20F12O4.C14H20F6O3.C12H17F5O5/c1-3-7(2)11(30)33-10-5-8(12(31,14(18,19)20)15(21,22)23)4-9(6-10)13(32,16(24,25)26)17(27,28)29;1-3-8(2)11(21)23-10-7-5-4-6-9(10)12(22,13(15,16)17)14(18,19)20;1-4-7(2)8(18)20-5-9(3)10(19,11(13,14)15)12(16,17)22-6-21-9/h7-10,31-32H,3-6H2,1-2H3;8-10,22H,3-7H2,1-2H3;7,19H,4-6H2,1-3H3. The van der Waals surface area contributed by atoms with E-state index in [0.29, 0.717) is 26.2 Å². The van der Waals surface area contributed by atoms with Crippen LogP contribution in [0.15, 0.2) is 0 Å². The van der Waals surface area contributed by atoms with Crippen LogP contribution in [0.4, 0.5) is 101 Å². The van der Waals surface area contributed by atoms with Crippen LogP contribution in [0.2, 0.25) is 0 Å². The van der Waals surface area contributed by atoms with Gasteiger partial charge in [-0.25, -0.2) is 0 Å². The first-order valence-corrected chi connectivity index (χ1v) is 23.2. The molecule has 0 aromatic rings. The van der Waals surface area contributed by atoms with Gasteiger partial charge in [-0.15, -0.1) is 0 Å². The second-order valence-corrected chi connectivity index (χ2v) is 19.2. The van der Waals surface area contributed by atoms with Crippen LogP contribution in [-0.4, -0.2) is 141 Å². The molecule has 3 fully saturated rings. The zero-order valence-electron chi connectivity index (χ0n) is 41.9. The molecule has 9 atom stereocenters. The number of carbonyl (C=O) groups is 3. The third-order valence-electron chi connectivity index (χ3n) is 14.0. The van der Waals surface area contributed by atoms with E-state index < -0.39 is 182 Å². The lowest BCUT2D eigenvalue weighted by molar-refractivity contribution is -0.493. The summed E-state index contributed by atoms with van der Waals surface area (Å²) in [6, 6.07) is 0. The van der Waals surface area contributed by atoms with Gasteiger partial charge in [0.25, 0.3) is 22.4 Å². The number of hydrogen-bond donors (Lipinski definition) is 4. The van der Waals surface area contributed by atoms with E-state index >= 15 is 0 Å². The van der Waals surface area contributed by atoms with Gasteiger partial charge in [0.05, 0.1) is 17.8 Å². The van der Waals surface area contributed by atoms with Crippen molar-refractivity contribution in [2.75, 3.05) is 13.4 Å². The minimum absolute atomic E-state index is 0.0164. The zero-order valence-corrected chi connectivity index (χ0v) is 41.9. The van der Waals surface area contributed by atoms with Crippen molar-refractivity contribution >= 4 is 17.9 Å². The number of aliphatic hydroxyl groups is 4. The van der Waals surface area contributed by atoms with Crippen LogP contribution in [0.5, 0.6) is 0 Å². The SMILES string of the molecule is CCC(C)C(=O)OC1CC(C(O)(C(F)(F)F)C(F)(F)F)CC(C(O)(C(F)(F)F)C(F)(F)F)C1.CCC(C)C(=O)OC1CCCCC1C(O)(C(F)(F)F)C(F)(F)F.CCC(C)C(=O)OCC1(C)OCOC(F)(F)C1(O)C(F)(F)F. The van der Waals surface area contributed by atoms with E-state index in [0.717, 1.165) is 0 Å². The Kier molecular flexibility index (Phi) is 23.2. The predicted molar refractivity (Wildman–Crippen MR) is 214 cm³/mol. The molecule has 3 rings (SSSR count). The van der Waals surface area contributed by atoms with Crippen molar-refractivity contribution < 1.29 is 159 Å². The smallest absolute Gasteiger partial charge is 0.429 e. The van der Waals surface area contributed by atoms with Crippen molar-refractivity contribution in [2.45, 2.75) is 202 Å². The molecule has 0 bridgehead atoms. The molecule has 0 aromatic carbocycles. The lowest BCUT2D eigenvalue weighted by Crippen LogP contribution is -2.76. The summed E-state index contributed by atoms with van der Waals surface area (Å²) in [5.74, 6) is -14.3. The summed E-state index contributed by atoms with van der Waals surface area (Å²) < 4.78 is 326. The third kappa shape index (κ3) is 14.8. The van der Waals surface area contributed by atoms with Gasteiger partial charge >= 0.3 is 67.3 Å². The summed E-state index contributed by atoms with van der Waals surface area (Å²) in [6.07, 6.45) is -57.6. The fourth-order valence-corrected chi connectivity index (χ4v) is 8.35. The van der Waals surface area contributed by atoms with Crippen molar-refractivity contribution in [1.82, 2.24) is 0 Å². The highest BCUT2D eigenvalue weighted by Crippen LogP contribution is 2.59. The first-order chi connectivity index (χ1) is 34.6. The molecule has 1 saturated heterocycles. The van der Waals surface area contributed by atoms with Crippen LogP contribution in [0.3, 0.4) is 0 Å². The van der Waals surface area contributed by atoms with Gasteiger partial charge in [0.2, 0.25) is 0 Å². The predicted octanol–water partition coefficient (Wildman–Crippen LogP) is 11.3. The summed E-state index contributed by atoms with van der Waals surface area (Å²) in [5.41, 5.74) is -24.0. The minimum Gasteiger partial charge on any atom is -0.462 e. The molecule has 4 N–H and O–H groups in total. The van der Waals surface area contributed by atoms with Crippen molar-refractivity contribution in [2.24, 2.45) is 35.5 Å². The second-order valence-electron chi connectivity index (χ2n) is 19.2. The average molecular weight is 1200 g/mol. The van der Waals surface area contributed by atoms with Gasteiger partial charge in [0, 0.05) is 17.8 Å². The van der Waals surface area contributed by atoms with Crippen molar-refractivity contribution in [3.8, 4) is 0 Å². The Morgan fingerprint density at radius 2 is 0.885 bits per heavy atom. The Morgan fingerprint density at radius 1 is 0.538 bits per heavy atom. The minimum atomic E-state index is -6.57. The van der Waals surface area contributed by atoms with E-state index in [1.54, 1.807) is 13.8 Å². The molecule has 12 nitrogen and oxygen atoms in total. The van der Waals surface area contributed by atoms with Gasteiger partial charge in [0.1, 0.15) is 24.4 Å². The second kappa shape index (κ2) is 25.0. The number of rotatable bonds is 13. The van der Waals surface area contributed by atoms with Crippen molar-refractivity contribution in [1.29, 1.82) is 0 Å². The molecular weight excluding hydrogens is 1150 g/mol. The van der Waals surface area contributed by atoms with Crippen LogP contribution in [0.25, 0.3) is 0 Å². The lowest BCUT2D eigenvalue weighted by Gasteiger charge is -2.50. The highest BCUT2D eigenvalue weighted by molar-refractivity contribution is 5.73. The van der Waals surface area contributed by atoms with Gasteiger partial charge < -0.3 is 39.4 Å². The molecule has 9 unspecified atom stereocenters. The first kappa shape index (κ1) is 72.6. The van der Waals surface area contributed by atoms with E-state index in [1.807, 2.05) is 0 Å². The average Bonchev–Trinajstić information content (AvgIpc) is 3.28. The number of esters is 3. The molecular formula is C43H57F23O12. The quantitative estimate of drug-likeness (QED) is 0.0781. The molecule has 0 amide bonds. The zero-order chi connectivity index (χ0) is 61.9. The van der Waals surface area contributed by atoms with Crippen LogP contribution >= 0.6 is 0 Å². The molecule has 2 saturated carbocycles. The molecule has 1 aliphatic heterocycles. The Balaban J connectivity index is 0.000000602. The maximum absolute atomic E-state index is 13.6. The summed E-state index contributed by atoms with van der Waals surface area (Å²) in [6.45, 7) is 6.99. The molecule has 2 aliphatic carbocycles. The van der Waals surface area contributed by atoms with Crippen LogP contribution < -0.4 is 0 Å². The summed E-state index contributed by atoms with van der Waals surface area (Å²) >= 11 is 0. The monoisotopic (exact) mass is 1200 g/mol. The first-order valence-electron chi connectivity index (χ1n) is 23.2. The van der Waals surface area contributed by atoms with Crippen LogP contribution in [0, 0.1) is 35.5 Å². The highest BCUT2D eigenvalue weighted by atomic mass is 19.4. The van der Waals surface area contributed by atoms with E-state index in [9.17, 15) is 136 Å². The highest BCUT2D eigenvalue weighted by Gasteiger charge is 2.82. The van der Waals surface area contributed by atoms with E-state index in [-0.39, 0.29) is 19.3 Å². The van der Waals surface area contributed by atoms with Gasteiger partial charge in [0.15, 0.2) is 6.79 Å².